The molecule has 1 unspecified atom stereocenters. The van der Waals surface area contributed by atoms with Crippen molar-refractivity contribution in [3.8, 4) is 5.75 Å². The largest absolute Gasteiger partial charge is 0.487 e. The number of carboxylic acid groups (broad SMARTS) is 1. The fourth-order valence-corrected chi connectivity index (χ4v) is 3.51. The highest BCUT2D eigenvalue weighted by molar-refractivity contribution is 5.72. The summed E-state index contributed by atoms with van der Waals surface area (Å²) in [5.74, 6) is 0.320. The second-order valence-corrected chi connectivity index (χ2v) is 6.40. The SMILES string of the molecule is Cc1cccc2c1OC1(CC2)CCN(C(C)C(=O)O)CC1. The number of hydrogen-bond donors (Lipinski definition) is 1. The molecule has 1 aromatic rings. The average Bonchev–Trinajstić information content (AvgIpc) is 2.48. The first-order valence-corrected chi connectivity index (χ1v) is 7.75. The molecule has 0 aliphatic carbocycles. The number of carboxylic acids is 1. The fraction of sp³-hybridized carbons (Fsp3) is 0.588. The van der Waals surface area contributed by atoms with Crippen LogP contribution in [-0.4, -0.2) is 40.7 Å². The number of fused-ring (bicyclic) bond motifs is 1. The van der Waals surface area contributed by atoms with Crippen molar-refractivity contribution in [2.45, 2.75) is 51.2 Å². The van der Waals surface area contributed by atoms with Gasteiger partial charge in [-0.3, -0.25) is 9.69 Å². The Labute approximate surface area is 125 Å². The van der Waals surface area contributed by atoms with E-state index >= 15 is 0 Å². The van der Waals surface area contributed by atoms with Gasteiger partial charge in [-0.15, -0.1) is 0 Å². The van der Waals surface area contributed by atoms with Crippen molar-refractivity contribution >= 4 is 5.97 Å². The van der Waals surface area contributed by atoms with Gasteiger partial charge in [0.2, 0.25) is 0 Å². The minimum atomic E-state index is -0.739. The van der Waals surface area contributed by atoms with E-state index in [-0.39, 0.29) is 5.60 Å². The minimum Gasteiger partial charge on any atom is -0.487 e. The van der Waals surface area contributed by atoms with Crippen LogP contribution in [0.3, 0.4) is 0 Å². The Morgan fingerprint density at radius 1 is 1.33 bits per heavy atom. The number of piperidine rings is 1. The second-order valence-electron chi connectivity index (χ2n) is 6.40. The topological polar surface area (TPSA) is 49.8 Å². The molecule has 4 nitrogen and oxygen atoms in total. The standard InChI is InChI=1S/C17H23NO3/c1-12-4-3-5-14-6-7-17(21-15(12)14)8-10-18(11-9-17)13(2)16(19)20/h3-5,13H,6-11H2,1-2H3,(H,19,20). The normalized spacial score (nSPS) is 22.4. The first-order chi connectivity index (χ1) is 10.0. The third-order valence-electron chi connectivity index (χ3n) is 5.08. The van der Waals surface area contributed by atoms with Gasteiger partial charge in [-0.2, -0.15) is 0 Å². The summed E-state index contributed by atoms with van der Waals surface area (Å²) in [6.07, 6.45) is 3.93. The van der Waals surface area contributed by atoms with E-state index in [1.165, 1.54) is 11.1 Å². The number of likely N-dealkylation sites (tertiary alicyclic amines) is 1. The molecule has 2 aliphatic heterocycles. The second kappa shape index (κ2) is 5.34. The van der Waals surface area contributed by atoms with E-state index in [0.717, 1.165) is 44.5 Å². The summed E-state index contributed by atoms with van der Waals surface area (Å²) in [5.41, 5.74) is 2.42. The predicted octanol–water partition coefficient (Wildman–Crippen LogP) is 2.63. The highest BCUT2D eigenvalue weighted by Crippen LogP contribution is 2.41. The smallest absolute Gasteiger partial charge is 0.320 e. The Hall–Kier alpha value is -1.55. The first-order valence-electron chi connectivity index (χ1n) is 7.75. The van der Waals surface area contributed by atoms with Gasteiger partial charge < -0.3 is 9.84 Å². The van der Waals surface area contributed by atoms with E-state index in [1.807, 2.05) is 4.90 Å². The summed E-state index contributed by atoms with van der Waals surface area (Å²) in [5, 5.41) is 9.13. The molecule has 0 bridgehead atoms. The lowest BCUT2D eigenvalue weighted by Crippen LogP contribution is -2.53. The van der Waals surface area contributed by atoms with Gasteiger partial charge in [-0.25, -0.2) is 0 Å². The number of aliphatic carboxylic acids is 1. The maximum atomic E-state index is 11.1. The van der Waals surface area contributed by atoms with Gasteiger partial charge in [-0.1, -0.05) is 18.2 Å². The van der Waals surface area contributed by atoms with Crippen molar-refractivity contribution in [3.63, 3.8) is 0 Å². The van der Waals surface area contributed by atoms with Gasteiger partial charge in [0.15, 0.2) is 0 Å². The highest BCUT2D eigenvalue weighted by Gasteiger charge is 2.41. The molecule has 0 aromatic heterocycles. The van der Waals surface area contributed by atoms with E-state index in [1.54, 1.807) is 6.92 Å². The van der Waals surface area contributed by atoms with E-state index in [0.29, 0.717) is 0 Å². The predicted molar refractivity (Wildman–Crippen MR) is 80.8 cm³/mol. The Bertz CT molecular complexity index is 547. The van der Waals surface area contributed by atoms with Gasteiger partial charge in [0.1, 0.15) is 17.4 Å². The third kappa shape index (κ3) is 2.64. The van der Waals surface area contributed by atoms with E-state index in [4.69, 9.17) is 9.84 Å². The van der Waals surface area contributed by atoms with Crippen LogP contribution < -0.4 is 4.74 Å². The fourth-order valence-electron chi connectivity index (χ4n) is 3.51. The Balaban J connectivity index is 1.72. The Morgan fingerprint density at radius 2 is 2.05 bits per heavy atom. The number of hydrogen-bond acceptors (Lipinski definition) is 3. The van der Waals surface area contributed by atoms with Crippen molar-refractivity contribution in [1.29, 1.82) is 0 Å². The first kappa shape index (κ1) is 14.4. The lowest BCUT2D eigenvalue weighted by atomic mass is 9.82. The van der Waals surface area contributed by atoms with Gasteiger partial charge in [0, 0.05) is 13.1 Å². The van der Waals surface area contributed by atoms with Crippen molar-refractivity contribution in [2.75, 3.05) is 13.1 Å². The summed E-state index contributed by atoms with van der Waals surface area (Å²) >= 11 is 0. The molecule has 0 saturated carbocycles. The molecule has 1 spiro atoms. The van der Waals surface area contributed by atoms with Gasteiger partial charge in [0.25, 0.3) is 0 Å². The zero-order valence-corrected chi connectivity index (χ0v) is 12.8. The number of para-hydroxylation sites is 1. The molecular formula is C17H23NO3. The molecule has 0 radical (unpaired) electrons. The molecule has 21 heavy (non-hydrogen) atoms. The summed E-state index contributed by atoms with van der Waals surface area (Å²) < 4.78 is 6.41. The van der Waals surface area contributed by atoms with E-state index in [9.17, 15) is 4.79 Å². The zero-order chi connectivity index (χ0) is 15.0. The molecule has 1 fully saturated rings. The summed E-state index contributed by atoms with van der Waals surface area (Å²) in [4.78, 5) is 13.1. The quantitative estimate of drug-likeness (QED) is 0.909. The molecular weight excluding hydrogens is 266 g/mol. The summed E-state index contributed by atoms with van der Waals surface area (Å²) in [6.45, 7) is 5.46. The molecule has 2 aliphatic rings. The highest BCUT2D eigenvalue weighted by atomic mass is 16.5. The minimum absolute atomic E-state index is 0.0894. The van der Waals surface area contributed by atoms with Crippen LogP contribution in [0.15, 0.2) is 18.2 Å². The molecule has 3 rings (SSSR count). The molecule has 0 amide bonds. The average molecular weight is 289 g/mol. The monoisotopic (exact) mass is 289 g/mol. The number of aryl methyl sites for hydroxylation is 2. The number of carbonyl (C=O) groups is 1. The zero-order valence-electron chi connectivity index (χ0n) is 12.8. The number of ether oxygens (including phenoxy) is 1. The van der Waals surface area contributed by atoms with Gasteiger partial charge >= 0.3 is 5.97 Å². The molecule has 1 atom stereocenters. The maximum absolute atomic E-state index is 11.1. The van der Waals surface area contributed by atoms with Crippen LogP contribution in [0.1, 0.15) is 37.3 Å². The van der Waals surface area contributed by atoms with Crippen LogP contribution in [0.2, 0.25) is 0 Å². The van der Waals surface area contributed by atoms with Gasteiger partial charge in [0.05, 0.1) is 0 Å². The molecule has 2 heterocycles. The van der Waals surface area contributed by atoms with Crippen molar-refractivity contribution in [2.24, 2.45) is 0 Å². The number of nitrogens with zero attached hydrogens (tertiary/aromatic N) is 1. The lowest BCUT2D eigenvalue weighted by Gasteiger charge is -2.45. The Kier molecular flexibility index (Phi) is 3.66. The van der Waals surface area contributed by atoms with Crippen LogP contribution in [0.5, 0.6) is 5.75 Å². The number of rotatable bonds is 2. The van der Waals surface area contributed by atoms with Crippen molar-refractivity contribution in [3.05, 3.63) is 29.3 Å². The Morgan fingerprint density at radius 3 is 2.71 bits per heavy atom. The lowest BCUT2D eigenvalue weighted by molar-refractivity contribution is -0.144. The van der Waals surface area contributed by atoms with Crippen LogP contribution in [0, 0.1) is 6.92 Å². The molecule has 1 aromatic carbocycles. The van der Waals surface area contributed by atoms with Crippen molar-refractivity contribution < 1.29 is 14.6 Å². The maximum Gasteiger partial charge on any atom is 0.320 e. The van der Waals surface area contributed by atoms with Crippen LogP contribution in [0.4, 0.5) is 0 Å². The molecule has 4 heteroatoms. The molecule has 114 valence electrons. The van der Waals surface area contributed by atoms with E-state index < -0.39 is 12.0 Å². The van der Waals surface area contributed by atoms with Crippen molar-refractivity contribution in [1.82, 2.24) is 4.90 Å². The summed E-state index contributed by atoms with van der Waals surface area (Å²) in [7, 11) is 0. The van der Waals surface area contributed by atoms with Crippen LogP contribution in [0.25, 0.3) is 0 Å². The van der Waals surface area contributed by atoms with Crippen LogP contribution >= 0.6 is 0 Å². The number of benzene rings is 1. The molecule has 1 N–H and O–H groups in total. The van der Waals surface area contributed by atoms with Gasteiger partial charge in [-0.05, 0) is 50.7 Å². The summed E-state index contributed by atoms with van der Waals surface area (Å²) in [6, 6.07) is 5.93. The third-order valence-corrected chi connectivity index (χ3v) is 5.08. The molecule has 1 saturated heterocycles. The van der Waals surface area contributed by atoms with Crippen LogP contribution in [-0.2, 0) is 11.2 Å². The van der Waals surface area contributed by atoms with E-state index in [2.05, 4.69) is 25.1 Å².